The van der Waals surface area contributed by atoms with E-state index in [1.54, 1.807) is 0 Å². The second-order valence-corrected chi connectivity index (χ2v) is 6.46. The van der Waals surface area contributed by atoms with Gasteiger partial charge in [0, 0.05) is 15.8 Å². The van der Waals surface area contributed by atoms with Crippen molar-refractivity contribution in [1.82, 2.24) is 4.90 Å². The minimum absolute atomic E-state index is 0.777. The van der Waals surface area contributed by atoms with Gasteiger partial charge < -0.3 is 9.64 Å². The van der Waals surface area contributed by atoms with Gasteiger partial charge >= 0.3 is 0 Å². The van der Waals surface area contributed by atoms with Crippen molar-refractivity contribution in [2.45, 2.75) is 32.1 Å². The highest BCUT2D eigenvalue weighted by Crippen LogP contribution is 2.31. The SMILES string of the molecule is Clc1ccc(OCCCCN2CCCCC2)c2ccccc12. The van der Waals surface area contributed by atoms with Gasteiger partial charge in [-0.2, -0.15) is 0 Å². The first-order chi connectivity index (χ1) is 10.8. The van der Waals surface area contributed by atoms with Gasteiger partial charge in [-0.3, -0.25) is 0 Å². The molecule has 0 aromatic heterocycles. The Kier molecular flexibility index (Phi) is 5.58. The number of hydrogen-bond donors (Lipinski definition) is 0. The van der Waals surface area contributed by atoms with Crippen LogP contribution in [-0.4, -0.2) is 31.1 Å². The normalized spacial score (nSPS) is 16.0. The fourth-order valence-electron chi connectivity index (χ4n) is 3.16. The Bertz CT molecular complexity index is 607. The van der Waals surface area contributed by atoms with Gasteiger partial charge in [0.15, 0.2) is 0 Å². The van der Waals surface area contributed by atoms with Crippen LogP contribution in [-0.2, 0) is 0 Å². The molecule has 0 amide bonds. The summed E-state index contributed by atoms with van der Waals surface area (Å²) < 4.78 is 5.99. The standard InChI is InChI=1S/C19H24ClNO/c20-18-10-11-19(17-9-3-2-8-16(17)18)22-15-7-6-14-21-12-4-1-5-13-21/h2-3,8-11H,1,4-7,12-15H2. The molecule has 0 atom stereocenters. The van der Waals surface area contributed by atoms with Crippen LogP contribution in [0.4, 0.5) is 0 Å². The number of rotatable bonds is 6. The van der Waals surface area contributed by atoms with E-state index in [-0.39, 0.29) is 0 Å². The molecule has 0 N–H and O–H groups in total. The molecule has 2 aromatic rings. The van der Waals surface area contributed by atoms with Gasteiger partial charge in [0.05, 0.1) is 6.61 Å². The molecule has 0 unspecified atom stereocenters. The Labute approximate surface area is 138 Å². The van der Waals surface area contributed by atoms with Gasteiger partial charge in [-0.25, -0.2) is 0 Å². The Balaban J connectivity index is 1.48. The van der Waals surface area contributed by atoms with E-state index in [2.05, 4.69) is 11.0 Å². The maximum Gasteiger partial charge on any atom is 0.127 e. The first-order valence-electron chi connectivity index (χ1n) is 8.37. The van der Waals surface area contributed by atoms with Crippen molar-refractivity contribution in [3.8, 4) is 5.75 Å². The summed E-state index contributed by atoms with van der Waals surface area (Å²) in [4.78, 5) is 2.58. The molecule has 2 nitrogen and oxygen atoms in total. The van der Waals surface area contributed by atoms with Crippen molar-refractivity contribution in [3.05, 3.63) is 41.4 Å². The molecule has 0 saturated carbocycles. The molecule has 1 heterocycles. The maximum absolute atomic E-state index is 6.24. The molecule has 118 valence electrons. The van der Waals surface area contributed by atoms with Crippen LogP contribution in [0.1, 0.15) is 32.1 Å². The second-order valence-electron chi connectivity index (χ2n) is 6.05. The first kappa shape index (κ1) is 15.6. The third-order valence-corrected chi connectivity index (χ3v) is 4.74. The van der Waals surface area contributed by atoms with Crippen molar-refractivity contribution in [2.24, 2.45) is 0 Å². The Morgan fingerprint density at radius 1 is 0.909 bits per heavy atom. The lowest BCUT2D eigenvalue weighted by Crippen LogP contribution is -2.30. The number of benzene rings is 2. The van der Waals surface area contributed by atoms with Gasteiger partial charge in [-0.1, -0.05) is 42.3 Å². The Hall–Kier alpha value is -1.25. The highest BCUT2D eigenvalue weighted by molar-refractivity contribution is 6.35. The molecule has 1 aliphatic heterocycles. The predicted molar refractivity (Wildman–Crippen MR) is 94.0 cm³/mol. The van der Waals surface area contributed by atoms with Gasteiger partial charge in [0.2, 0.25) is 0 Å². The van der Waals surface area contributed by atoms with Crippen LogP contribution in [0, 0.1) is 0 Å². The zero-order valence-electron chi connectivity index (χ0n) is 13.1. The zero-order valence-corrected chi connectivity index (χ0v) is 13.8. The topological polar surface area (TPSA) is 12.5 Å². The summed E-state index contributed by atoms with van der Waals surface area (Å²) in [6.07, 6.45) is 6.46. The molecule has 3 heteroatoms. The smallest absolute Gasteiger partial charge is 0.127 e. The van der Waals surface area contributed by atoms with E-state index in [1.165, 1.54) is 45.3 Å². The quantitative estimate of drug-likeness (QED) is 0.684. The number of likely N-dealkylation sites (tertiary alicyclic amines) is 1. The highest BCUT2D eigenvalue weighted by atomic mass is 35.5. The lowest BCUT2D eigenvalue weighted by Gasteiger charge is -2.26. The monoisotopic (exact) mass is 317 g/mol. The minimum atomic E-state index is 0.777. The van der Waals surface area contributed by atoms with Gasteiger partial charge in [0.25, 0.3) is 0 Å². The molecule has 0 bridgehead atoms. The van der Waals surface area contributed by atoms with Crippen LogP contribution in [0.15, 0.2) is 36.4 Å². The van der Waals surface area contributed by atoms with Crippen molar-refractivity contribution >= 4 is 22.4 Å². The van der Waals surface area contributed by atoms with Gasteiger partial charge in [-0.15, -0.1) is 0 Å². The van der Waals surface area contributed by atoms with E-state index in [4.69, 9.17) is 16.3 Å². The van der Waals surface area contributed by atoms with Crippen molar-refractivity contribution in [3.63, 3.8) is 0 Å². The second kappa shape index (κ2) is 7.85. The molecule has 1 saturated heterocycles. The van der Waals surface area contributed by atoms with Crippen molar-refractivity contribution < 1.29 is 4.74 Å². The molecule has 0 spiro atoms. The molecular formula is C19H24ClNO. The number of halogens is 1. The van der Waals surface area contributed by atoms with Gasteiger partial charge in [0.1, 0.15) is 5.75 Å². The molecule has 0 aliphatic carbocycles. The predicted octanol–water partition coefficient (Wildman–Crippen LogP) is 5.14. The highest BCUT2D eigenvalue weighted by Gasteiger charge is 2.09. The van der Waals surface area contributed by atoms with E-state index in [9.17, 15) is 0 Å². The Morgan fingerprint density at radius 2 is 1.68 bits per heavy atom. The van der Waals surface area contributed by atoms with Gasteiger partial charge in [-0.05, 0) is 57.5 Å². The molecule has 22 heavy (non-hydrogen) atoms. The summed E-state index contributed by atoms with van der Waals surface area (Å²) in [6.45, 7) is 4.55. The number of fused-ring (bicyclic) bond motifs is 1. The molecule has 3 rings (SSSR count). The van der Waals surface area contributed by atoms with Crippen molar-refractivity contribution in [1.29, 1.82) is 0 Å². The average molecular weight is 318 g/mol. The van der Waals surface area contributed by atoms with Crippen LogP contribution in [0.5, 0.6) is 5.75 Å². The number of nitrogens with zero attached hydrogens (tertiary/aromatic N) is 1. The van der Waals surface area contributed by atoms with E-state index < -0.39 is 0 Å². The molecule has 2 aromatic carbocycles. The number of unbranched alkanes of at least 4 members (excludes halogenated alkanes) is 1. The third kappa shape index (κ3) is 3.93. The fraction of sp³-hybridized carbons (Fsp3) is 0.474. The largest absolute Gasteiger partial charge is 0.493 e. The summed E-state index contributed by atoms with van der Waals surface area (Å²) in [5, 5.41) is 2.95. The zero-order chi connectivity index (χ0) is 15.2. The summed E-state index contributed by atoms with van der Waals surface area (Å²) in [7, 11) is 0. The number of piperidine rings is 1. The molecular weight excluding hydrogens is 294 g/mol. The van der Waals surface area contributed by atoms with Crippen LogP contribution >= 0.6 is 11.6 Å². The number of hydrogen-bond acceptors (Lipinski definition) is 2. The molecule has 0 radical (unpaired) electrons. The average Bonchev–Trinajstić information content (AvgIpc) is 2.58. The van der Waals surface area contributed by atoms with E-state index >= 15 is 0 Å². The minimum Gasteiger partial charge on any atom is -0.493 e. The van der Waals surface area contributed by atoms with E-state index in [1.807, 2.05) is 30.3 Å². The molecule has 1 aliphatic rings. The van der Waals surface area contributed by atoms with Crippen LogP contribution < -0.4 is 4.74 Å². The Morgan fingerprint density at radius 3 is 2.50 bits per heavy atom. The summed E-state index contributed by atoms with van der Waals surface area (Å²) in [5.74, 6) is 0.943. The number of ether oxygens (including phenoxy) is 1. The fourth-order valence-corrected chi connectivity index (χ4v) is 3.39. The van der Waals surface area contributed by atoms with Crippen LogP contribution in [0.3, 0.4) is 0 Å². The van der Waals surface area contributed by atoms with E-state index in [0.29, 0.717) is 0 Å². The van der Waals surface area contributed by atoms with Crippen LogP contribution in [0.2, 0.25) is 5.02 Å². The lowest BCUT2D eigenvalue weighted by atomic mass is 10.1. The summed E-state index contributed by atoms with van der Waals surface area (Å²) in [6, 6.07) is 12.1. The first-order valence-corrected chi connectivity index (χ1v) is 8.75. The summed E-state index contributed by atoms with van der Waals surface area (Å²) in [5.41, 5.74) is 0. The third-order valence-electron chi connectivity index (χ3n) is 4.41. The van der Waals surface area contributed by atoms with Crippen molar-refractivity contribution in [2.75, 3.05) is 26.2 Å². The summed E-state index contributed by atoms with van der Waals surface area (Å²) >= 11 is 6.24. The lowest BCUT2D eigenvalue weighted by molar-refractivity contribution is 0.216. The van der Waals surface area contributed by atoms with Crippen LogP contribution in [0.25, 0.3) is 10.8 Å². The maximum atomic E-state index is 6.24. The van der Waals surface area contributed by atoms with E-state index in [0.717, 1.165) is 34.6 Å². The molecule has 1 fully saturated rings.